The number of nitrogens with one attached hydrogen (secondary N) is 1. The van der Waals surface area contributed by atoms with Gasteiger partial charge in [-0.3, -0.25) is 9.20 Å². The minimum absolute atomic E-state index is 0.0252. The van der Waals surface area contributed by atoms with Crippen LogP contribution in [-0.4, -0.2) is 24.1 Å². The molecule has 2 aromatic carbocycles. The summed E-state index contributed by atoms with van der Waals surface area (Å²) in [5.41, 5.74) is 3.36. The van der Waals surface area contributed by atoms with E-state index in [9.17, 15) is 4.79 Å². The number of hydrogen-bond donors (Lipinski definition) is 1. The van der Waals surface area contributed by atoms with Gasteiger partial charge in [-0.2, -0.15) is 0 Å². The van der Waals surface area contributed by atoms with Crippen LogP contribution >= 0.6 is 11.3 Å². The van der Waals surface area contributed by atoms with Gasteiger partial charge in [0.15, 0.2) is 5.65 Å². The maximum Gasteiger partial charge on any atom is 0.307 e. The van der Waals surface area contributed by atoms with Gasteiger partial charge in [0.1, 0.15) is 6.33 Å². The highest BCUT2D eigenvalue weighted by Crippen LogP contribution is 2.25. The third-order valence-corrected chi connectivity index (χ3v) is 5.19. The molecule has 122 valence electrons. The molecule has 5 aromatic rings. The fourth-order valence-corrected chi connectivity index (χ4v) is 3.85. The first kappa shape index (κ1) is 14.1. The molecule has 5 rings (SSSR count). The lowest BCUT2D eigenvalue weighted by Crippen LogP contribution is -2.06. The van der Waals surface area contributed by atoms with Crippen LogP contribution < -0.4 is 10.2 Å². The minimum atomic E-state index is 0.0252. The molecule has 8 heteroatoms. The number of nitrogens with zero attached hydrogens (tertiary/aromatic N) is 5. The van der Waals surface area contributed by atoms with E-state index < -0.39 is 0 Å². The van der Waals surface area contributed by atoms with Crippen LogP contribution in [0.2, 0.25) is 0 Å². The van der Waals surface area contributed by atoms with Crippen LogP contribution in [0.5, 0.6) is 0 Å². The van der Waals surface area contributed by atoms with Crippen molar-refractivity contribution in [3.63, 3.8) is 0 Å². The van der Waals surface area contributed by atoms with Crippen molar-refractivity contribution in [2.45, 2.75) is 0 Å². The lowest BCUT2D eigenvalue weighted by molar-refractivity contribution is 0.939. The summed E-state index contributed by atoms with van der Waals surface area (Å²) in [6, 6.07) is 13.6. The van der Waals surface area contributed by atoms with Gasteiger partial charge in [0.25, 0.3) is 0 Å². The molecular formula is C17H12N6OS. The van der Waals surface area contributed by atoms with E-state index in [1.807, 2.05) is 46.9 Å². The third-order valence-electron chi connectivity index (χ3n) is 4.20. The highest BCUT2D eigenvalue weighted by molar-refractivity contribution is 7.16. The molecule has 0 aliphatic rings. The Bertz CT molecular complexity index is 1320. The first-order valence-corrected chi connectivity index (χ1v) is 8.47. The zero-order chi connectivity index (χ0) is 17.0. The maximum atomic E-state index is 11.8. The Morgan fingerprint density at radius 3 is 2.96 bits per heavy atom. The topological polar surface area (TPSA) is 77.1 Å². The number of rotatable bonds is 2. The van der Waals surface area contributed by atoms with Gasteiger partial charge in [-0.05, 0) is 30.3 Å². The molecule has 3 aromatic heterocycles. The molecule has 0 unspecified atom stereocenters. The summed E-state index contributed by atoms with van der Waals surface area (Å²) >= 11 is 1.23. The summed E-state index contributed by atoms with van der Waals surface area (Å²) in [5, 5.41) is 12.5. The van der Waals surface area contributed by atoms with E-state index in [2.05, 4.69) is 20.5 Å². The number of para-hydroxylation sites is 1. The Hall–Kier alpha value is -3.26. The van der Waals surface area contributed by atoms with E-state index in [4.69, 9.17) is 0 Å². The van der Waals surface area contributed by atoms with E-state index in [1.54, 1.807) is 17.9 Å². The largest absolute Gasteiger partial charge is 0.325 e. The van der Waals surface area contributed by atoms with Crippen molar-refractivity contribution in [3.05, 3.63) is 58.5 Å². The molecule has 0 fully saturated rings. The molecule has 0 bridgehead atoms. The average molecular weight is 348 g/mol. The maximum absolute atomic E-state index is 11.8. The number of benzene rings is 2. The molecule has 0 atom stereocenters. The molecule has 0 aliphatic heterocycles. The van der Waals surface area contributed by atoms with E-state index in [0.717, 1.165) is 32.5 Å². The molecule has 0 radical (unpaired) electrons. The summed E-state index contributed by atoms with van der Waals surface area (Å²) in [7, 11) is 1.78. The van der Waals surface area contributed by atoms with E-state index in [0.29, 0.717) is 5.95 Å². The molecule has 3 heterocycles. The summed E-state index contributed by atoms with van der Waals surface area (Å²) < 4.78 is 4.40. The second-order valence-corrected chi connectivity index (χ2v) is 6.70. The summed E-state index contributed by atoms with van der Waals surface area (Å²) in [6.07, 6.45) is 1.64. The SMILES string of the molecule is Cn1c(=O)sc2cc(Nc3nc4ccccc4c4nncn34)ccc21. The van der Waals surface area contributed by atoms with Crippen LogP contribution in [0, 0.1) is 0 Å². The van der Waals surface area contributed by atoms with Crippen molar-refractivity contribution >= 4 is 49.7 Å². The van der Waals surface area contributed by atoms with Crippen LogP contribution in [0.4, 0.5) is 11.6 Å². The first-order valence-electron chi connectivity index (χ1n) is 7.66. The zero-order valence-corrected chi connectivity index (χ0v) is 14.0. The predicted molar refractivity (Wildman–Crippen MR) is 98.6 cm³/mol. The smallest absolute Gasteiger partial charge is 0.307 e. The van der Waals surface area contributed by atoms with E-state index >= 15 is 0 Å². The van der Waals surface area contributed by atoms with Gasteiger partial charge in [0.05, 0.1) is 15.7 Å². The quantitative estimate of drug-likeness (QED) is 0.531. The molecule has 0 spiro atoms. The van der Waals surface area contributed by atoms with Crippen molar-refractivity contribution in [3.8, 4) is 0 Å². The number of fused-ring (bicyclic) bond motifs is 4. The van der Waals surface area contributed by atoms with Gasteiger partial charge in [0, 0.05) is 18.1 Å². The fraction of sp³-hybridized carbons (Fsp3) is 0.0588. The van der Waals surface area contributed by atoms with Crippen molar-refractivity contribution in [2.24, 2.45) is 7.05 Å². The molecule has 0 saturated carbocycles. The zero-order valence-electron chi connectivity index (χ0n) is 13.2. The third kappa shape index (κ3) is 2.11. The number of aromatic nitrogens is 5. The number of thiazole rings is 1. The normalized spacial score (nSPS) is 11.6. The Labute approximate surface area is 145 Å². The van der Waals surface area contributed by atoms with Gasteiger partial charge < -0.3 is 9.88 Å². The minimum Gasteiger partial charge on any atom is -0.325 e. The van der Waals surface area contributed by atoms with Gasteiger partial charge in [-0.25, -0.2) is 4.98 Å². The predicted octanol–water partition coefficient (Wildman–Crippen LogP) is 2.93. The molecule has 0 aliphatic carbocycles. The molecule has 25 heavy (non-hydrogen) atoms. The van der Waals surface area contributed by atoms with Crippen molar-refractivity contribution < 1.29 is 0 Å². The Kier molecular flexibility index (Phi) is 2.89. The highest BCUT2D eigenvalue weighted by atomic mass is 32.1. The second-order valence-electron chi connectivity index (χ2n) is 5.71. The van der Waals surface area contributed by atoms with Crippen LogP contribution in [0.25, 0.3) is 26.8 Å². The second kappa shape index (κ2) is 5.12. The average Bonchev–Trinajstić information content (AvgIpc) is 3.21. The lowest BCUT2D eigenvalue weighted by Gasteiger charge is -2.09. The Morgan fingerprint density at radius 1 is 1.16 bits per heavy atom. The van der Waals surface area contributed by atoms with Crippen LogP contribution in [0.1, 0.15) is 0 Å². The van der Waals surface area contributed by atoms with E-state index in [-0.39, 0.29) is 4.87 Å². The van der Waals surface area contributed by atoms with Crippen molar-refractivity contribution in [2.75, 3.05) is 5.32 Å². The summed E-state index contributed by atoms with van der Waals surface area (Å²) in [5.74, 6) is 0.626. The number of anilines is 2. The van der Waals surface area contributed by atoms with Crippen LogP contribution in [0.3, 0.4) is 0 Å². The number of aryl methyl sites for hydroxylation is 1. The standard InChI is InChI=1S/C17H12N6OS/c1-22-13-7-6-10(8-14(13)25-17(22)24)19-16-20-12-5-3-2-4-11(12)15-21-18-9-23(15)16/h2-9H,1H3,(H,19,20). The van der Waals surface area contributed by atoms with Gasteiger partial charge in [0.2, 0.25) is 5.95 Å². The lowest BCUT2D eigenvalue weighted by atomic mass is 10.2. The summed E-state index contributed by atoms with van der Waals surface area (Å²) in [4.78, 5) is 16.5. The van der Waals surface area contributed by atoms with Gasteiger partial charge in [-0.15, -0.1) is 10.2 Å². The highest BCUT2D eigenvalue weighted by Gasteiger charge is 2.11. The van der Waals surface area contributed by atoms with Crippen LogP contribution in [0.15, 0.2) is 53.6 Å². The molecular weight excluding hydrogens is 336 g/mol. The van der Waals surface area contributed by atoms with Crippen molar-refractivity contribution in [1.82, 2.24) is 24.1 Å². The Balaban J connectivity index is 1.68. The molecule has 0 amide bonds. The van der Waals surface area contributed by atoms with Gasteiger partial charge >= 0.3 is 4.87 Å². The Morgan fingerprint density at radius 2 is 2.04 bits per heavy atom. The molecule has 1 N–H and O–H groups in total. The monoisotopic (exact) mass is 348 g/mol. The van der Waals surface area contributed by atoms with Gasteiger partial charge in [-0.1, -0.05) is 23.5 Å². The van der Waals surface area contributed by atoms with Crippen LogP contribution in [-0.2, 0) is 7.05 Å². The molecule has 0 saturated heterocycles. The summed E-state index contributed by atoms with van der Waals surface area (Å²) in [6.45, 7) is 0. The first-order chi connectivity index (χ1) is 12.2. The van der Waals surface area contributed by atoms with E-state index in [1.165, 1.54) is 11.3 Å². The number of hydrogen-bond acceptors (Lipinski definition) is 6. The van der Waals surface area contributed by atoms with Crippen molar-refractivity contribution in [1.29, 1.82) is 0 Å². The fourth-order valence-electron chi connectivity index (χ4n) is 2.93. The molecule has 7 nitrogen and oxygen atoms in total.